The van der Waals surface area contributed by atoms with Crippen molar-refractivity contribution in [2.45, 2.75) is 19.4 Å². The number of aromatic hydroxyl groups is 1. The normalized spacial score (nSPS) is 11.7. The largest absolute Gasteiger partial charge is 0.507 e. The van der Waals surface area contributed by atoms with Gasteiger partial charge < -0.3 is 15.5 Å². The summed E-state index contributed by atoms with van der Waals surface area (Å²) < 4.78 is 0. The fourth-order valence-corrected chi connectivity index (χ4v) is 2.50. The predicted molar refractivity (Wildman–Crippen MR) is 94.2 cm³/mol. The minimum atomic E-state index is -0.886. The highest BCUT2D eigenvalue weighted by Gasteiger charge is 2.17. The molecule has 0 unspecified atom stereocenters. The molecule has 0 saturated heterocycles. The van der Waals surface area contributed by atoms with Crippen LogP contribution >= 0.6 is 11.6 Å². The zero-order valence-corrected chi connectivity index (χ0v) is 14.0. The van der Waals surface area contributed by atoms with Crippen molar-refractivity contribution in [2.75, 3.05) is 11.9 Å². The van der Waals surface area contributed by atoms with E-state index in [-0.39, 0.29) is 5.75 Å². The second-order valence-electron chi connectivity index (χ2n) is 6.15. The molecule has 124 valence electrons. The van der Waals surface area contributed by atoms with Gasteiger partial charge in [0, 0.05) is 40.3 Å². The van der Waals surface area contributed by atoms with Gasteiger partial charge >= 0.3 is 0 Å². The number of nitrogens with zero attached hydrogens (tertiary/aromatic N) is 3. The quantitative estimate of drug-likeness (QED) is 0.673. The number of fused-ring (bicyclic) bond motifs is 1. The summed E-state index contributed by atoms with van der Waals surface area (Å²) in [5, 5.41) is 33.5. The Hall–Kier alpha value is -2.44. The van der Waals surface area contributed by atoms with Crippen LogP contribution in [0, 0.1) is 0 Å². The maximum absolute atomic E-state index is 10.2. The van der Waals surface area contributed by atoms with Crippen molar-refractivity contribution >= 4 is 28.2 Å². The number of phenolic OH excluding ortho intramolecular Hbond substituents is 1. The monoisotopic (exact) mass is 344 g/mol. The van der Waals surface area contributed by atoms with E-state index in [1.165, 1.54) is 6.07 Å². The Morgan fingerprint density at radius 1 is 1.17 bits per heavy atom. The van der Waals surface area contributed by atoms with E-state index in [0.29, 0.717) is 28.6 Å². The molecule has 0 radical (unpaired) electrons. The van der Waals surface area contributed by atoms with E-state index < -0.39 is 5.60 Å². The maximum atomic E-state index is 10.2. The summed E-state index contributed by atoms with van der Waals surface area (Å²) in [5.41, 5.74) is 0.191. The van der Waals surface area contributed by atoms with Crippen LogP contribution in [0.5, 0.6) is 5.75 Å². The van der Waals surface area contributed by atoms with E-state index >= 15 is 0 Å². The molecule has 0 aliphatic rings. The lowest BCUT2D eigenvalue weighted by atomic mass is 10.0. The maximum Gasteiger partial charge on any atom is 0.158 e. The topological polar surface area (TPSA) is 91.2 Å². The molecule has 1 aromatic carbocycles. The summed E-state index contributed by atoms with van der Waals surface area (Å²) in [6, 6.07) is 6.66. The van der Waals surface area contributed by atoms with E-state index in [9.17, 15) is 10.2 Å². The van der Waals surface area contributed by atoms with E-state index in [4.69, 9.17) is 11.6 Å². The van der Waals surface area contributed by atoms with E-state index in [1.54, 1.807) is 38.4 Å². The van der Waals surface area contributed by atoms with Crippen molar-refractivity contribution in [1.82, 2.24) is 15.2 Å². The van der Waals surface area contributed by atoms with Crippen molar-refractivity contribution in [3.05, 3.63) is 41.7 Å². The molecule has 2 heterocycles. The van der Waals surface area contributed by atoms with Crippen LogP contribution in [-0.2, 0) is 0 Å². The number of aromatic nitrogens is 3. The average molecular weight is 345 g/mol. The van der Waals surface area contributed by atoms with Gasteiger partial charge in [-0.1, -0.05) is 11.6 Å². The van der Waals surface area contributed by atoms with Gasteiger partial charge in [-0.05, 0) is 38.1 Å². The van der Waals surface area contributed by atoms with Gasteiger partial charge in [-0.3, -0.25) is 4.98 Å². The highest BCUT2D eigenvalue weighted by molar-refractivity contribution is 6.30. The van der Waals surface area contributed by atoms with Crippen molar-refractivity contribution in [2.24, 2.45) is 0 Å². The molecule has 0 atom stereocenters. The molecule has 3 aromatic rings. The van der Waals surface area contributed by atoms with Gasteiger partial charge in [0.2, 0.25) is 0 Å². The van der Waals surface area contributed by atoms with Crippen LogP contribution in [0.3, 0.4) is 0 Å². The molecule has 0 fully saturated rings. The first-order valence-corrected chi connectivity index (χ1v) is 7.78. The van der Waals surface area contributed by atoms with Gasteiger partial charge in [-0.2, -0.15) is 0 Å². The second-order valence-corrected chi connectivity index (χ2v) is 6.58. The summed E-state index contributed by atoms with van der Waals surface area (Å²) in [7, 11) is 0. The molecule has 3 rings (SSSR count). The standard InChI is InChI=1S/C17H17ClN4O2/c1-17(2,24)9-20-16-13-8-19-6-5-11(13)15(21-22-16)12-4-3-10(18)7-14(12)23/h3-8,23-24H,9H2,1-2H3,(H,20,22). The molecule has 3 N–H and O–H groups in total. The number of aliphatic hydroxyl groups is 1. The van der Waals surface area contributed by atoms with Crippen LogP contribution in [0.4, 0.5) is 5.82 Å². The van der Waals surface area contributed by atoms with Crippen LogP contribution < -0.4 is 5.32 Å². The molecule has 2 aromatic heterocycles. The number of hydrogen-bond donors (Lipinski definition) is 3. The molecule has 0 bridgehead atoms. The summed E-state index contributed by atoms with van der Waals surface area (Å²) in [6.45, 7) is 3.72. The molecule has 0 aliphatic carbocycles. The van der Waals surface area contributed by atoms with Gasteiger partial charge in [0.05, 0.1) is 5.60 Å². The fourth-order valence-electron chi connectivity index (χ4n) is 2.33. The Morgan fingerprint density at radius 2 is 1.96 bits per heavy atom. The van der Waals surface area contributed by atoms with Crippen molar-refractivity contribution < 1.29 is 10.2 Å². The third kappa shape index (κ3) is 3.39. The number of nitrogens with one attached hydrogen (secondary N) is 1. The van der Waals surface area contributed by atoms with Crippen LogP contribution in [-0.4, -0.2) is 37.5 Å². The first kappa shape index (κ1) is 16.4. The first-order valence-electron chi connectivity index (χ1n) is 7.41. The van der Waals surface area contributed by atoms with Gasteiger partial charge in [0.1, 0.15) is 11.4 Å². The SMILES string of the molecule is CC(C)(O)CNc1nnc(-c2ccc(Cl)cc2O)c2ccncc12. The third-order valence-electron chi connectivity index (χ3n) is 3.48. The Balaban J connectivity index is 2.12. The van der Waals surface area contributed by atoms with Crippen molar-refractivity contribution in [3.8, 4) is 17.0 Å². The van der Waals surface area contributed by atoms with E-state index in [1.807, 2.05) is 6.07 Å². The Bertz CT molecular complexity index is 893. The number of pyridine rings is 1. The fraction of sp³-hybridized carbons (Fsp3) is 0.235. The van der Waals surface area contributed by atoms with Gasteiger partial charge in [0.15, 0.2) is 5.82 Å². The highest BCUT2D eigenvalue weighted by Crippen LogP contribution is 2.35. The lowest BCUT2D eigenvalue weighted by molar-refractivity contribution is 0.0944. The van der Waals surface area contributed by atoms with Gasteiger partial charge in [-0.15, -0.1) is 10.2 Å². The molecular weight excluding hydrogens is 328 g/mol. The summed E-state index contributed by atoms with van der Waals surface area (Å²) in [4.78, 5) is 4.14. The Kier molecular flexibility index (Phi) is 4.26. The predicted octanol–water partition coefficient (Wildman–Crippen LogP) is 3.23. The molecule has 0 spiro atoms. The number of hydrogen-bond acceptors (Lipinski definition) is 6. The molecule has 0 amide bonds. The zero-order chi connectivity index (χ0) is 17.3. The summed E-state index contributed by atoms with van der Waals surface area (Å²) in [6.07, 6.45) is 3.33. The lowest BCUT2D eigenvalue weighted by Crippen LogP contribution is -2.29. The number of phenols is 1. The Morgan fingerprint density at radius 3 is 2.67 bits per heavy atom. The van der Waals surface area contributed by atoms with Gasteiger partial charge in [-0.25, -0.2) is 0 Å². The van der Waals surface area contributed by atoms with E-state index in [0.717, 1.165) is 10.8 Å². The lowest BCUT2D eigenvalue weighted by Gasteiger charge is -2.19. The Labute approximate surface area is 144 Å². The van der Waals surface area contributed by atoms with Crippen LogP contribution in [0.1, 0.15) is 13.8 Å². The van der Waals surface area contributed by atoms with Gasteiger partial charge in [0.25, 0.3) is 0 Å². The summed E-state index contributed by atoms with van der Waals surface area (Å²) in [5.74, 6) is 0.560. The molecule has 0 aliphatic heterocycles. The van der Waals surface area contributed by atoms with Crippen molar-refractivity contribution in [1.29, 1.82) is 0 Å². The van der Waals surface area contributed by atoms with E-state index in [2.05, 4.69) is 20.5 Å². The van der Waals surface area contributed by atoms with Crippen LogP contribution in [0.15, 0.2) is 36.7 Å². The molecule has 7 heteroatoms. The number of rotatable bonds is 4. The van der Waals surface area contributed by atoms with Crippen LogP contribution in [0.2, 0.25) is 5.02 Å². The second kappa shape index (κ2) is 6.22. The molecular formula is C17H17ClN4O2. The average Bonchev–Trinajstić information content (AvgIpc) is 2.52. The first-order chi connectivity index (χ1) is 11.3. The minimum Gasteiger partial charge on any atom is -0.507 e. The molecule has 6 nitrogen and oxygen atoms in total. The number of anilines is 1. The number of benzene rings is 1. The zero-order valence-electron chi connectivity index (χ0n) is 13.3. The molecule has 24 heavy (non-hydrogen) atoms. The van der Waals surface area contributed by atoms with Crippen LogP contribution in [0.25, 0.3) is 22.0 Å². The minimum absolute atomic E-state index is 0.0344. The molecule has 0 saturated carbocycles. The smallest absolute Gasteiger partial charge is 0.158 e. The van der Waals surface area contributed by atoms with Crippen molar-refractivity contribution in [3.63, 3.8) is 0 Å². The summed E-state index contributed by atoms with van der Waals surface area (Å²) >= 11 is 5.89. The number of halogens is 1. The third-order valence-corrected chi connectivity index (χ3v) is 3.72. The highest BCUT2D eigenvalue weighted by atomic mass is 35.5.